The minimum Gasteiger partial charge on any atom is -0.508 e. The number of nitrogens with one attached hydrogen (secondary N) is 2. The summed E-state index contributed by atoms with van der Waals surface area (Å²) >= 11 is 0. The molecule has 0 aliphatic rings. The lowest BCUT2D eigenvalue weighted by Crippen LogP contribution is -2.59. The molecule has 2 atom stereocenters. The molecular weight excluding hydrogens is 500 g/mol. The summed E-state index contributed by atoms with van der Waals surface area (Å²) < 4.78 is 5.30. The van der Waals surface area contributed by atoms with Crippen molar-refractivity contribution in [3.05, 3.63) is 65.7 Å². The molecular formula is C29H40N4O6. The summed E-state index contributed by atoms with van der Waals surface area (Å²) in [6, 6.07) is 12.8. The predicted molar refractivity (Wildman–Crippen MR) is 147 cm³/mol. The summed E-state index contributed by atoms with van der Waals surface area (Å²) in [5, 5.41) is 16.1. The van der Waals surface area contributed by atoms with Gasteiger partial charge in [0.1, 0.15) is 23.4 Å². The Morgan fingerprint density at radius 3 is 2.10 bits per heavy atom. The van der Waals surface area contributed by atoms with E-state index in [1.807, 2.05) is 37.3 Å². The van der Waals surface area contributed by atoms with Gasteiger partial charge in [0, 0.05) is 17.6 Å². The molecule has 0 heterocycles. The molecule has 2 aromatic rings. The third kappa shape index (κ3) is 9.01. The number of rotatable bonds is 11. The topological polar surface area (TPSA) is 151 Å². The highest BCUT2D eigenvalue weighted by atomic mass is 16.6. The molecule has 212 valence electrons. The van der Waals surface area contributed by atoms with E-state index in [0.717, 1.165) is 5.56 Å². The monoisotopic (exact) mass is 540 g/mol. The molecule has 0 aromatic heterocycles. The minimum atomic E-state index is -1.42. The highest BCUT2D eigenvalue weighted by Crippen LogP contribution is 2.36. The van der Waals surface area contributed by atoms with Crippen molar-refractivity contribution in [1.82, 2.24) is 15.5 Å². The largest absolute Gasteiger partial charge is 0.508 e. The number of phenolic OH excluding ortho intramolecular Hbond substituents is 1. The Balaban J connectivity index is 2.58. The molecule has 0 saturated carbocycles. The molecule has 0 radical (unpaired) electrons. The number of para-hydroxylation sites is 1. The van der Waals surface area contributed by atoms with Crippen LogP contribution in [0.3, 0.4) is 0 Å². The number of alkyl carbamates (subject to hydrolysis) is 1. The quantitative estimate of drug-likeness (QED) is 0.342. The Bertz CT molecular complexity index is 1160. The van der Waals surface area contributed by atoms with Gasteiger partial charge in [0.05, 0.1) is 6.42 Å². The number of hydrogen-bond acceptors (Lipinski definition) is 6. The van der Waals surface area contributed by atoms with Crippen LogP contribution in [0.15, 0.2) is 54.6 Å². The highest BCUT2D eigenvalue weighted by molar-refractivity contribution is 5.95. The lowest BCUT2D eigenvalue weighted by Gasteiger charge is -2.44. The zero-order chi connectivity index (χ0) is 29.4. The summed E-state index contributed by atoms with van der Waals surface area (Å²) in [5.41, 5.74) is 4.65. The number of primary amides is 1. The summed E-state index contributed by atoms with van der Waals surface area (Å²) in [5.74, 6) is -2.29. The number of hydrogen-bond donors (Lipinski definition) is 4. The number of benzene rings is 2. The van der Waals surface area contributed by atoms with Gasteiger partial charge in [-0.05, 0) is 52.7 Å². The lowest BCUT2D eigenvalue weighted by atomic mass is 9.91. The fourth-order valence-corrected chi connectivity index (χ4v) is 3.96. The van der Waals surface area contributed by atoms with E-state index in [1.165, 1.54) is 11.0 Å². The molecule has 39 heavy (non-hydrogen) atoms. The molecule has 10 heteroatoms. The fourth-order valence-electron chi connectivity index (χ4n) is 3.96. The number of nitrogens with two attached hydrogens (primary N) is 1. The van der Waals surface area contributed by atoms with Crippen molar-refractivity contribution in [2.45, 2.75) is 84.2 Å². The summed E-state index contributed by atoms with van der Waals surface area (Å²) in [6.07, 6.45) is -1.03. The number of amides is 4. The third-order valence-corrected chi connectivity index (χ3v) is 6.20. The first-order valence-electron chi connectivity index (χ1n) is 12.9. The van der Waals surface area contributed by atoms with Gasteiger partial charge in [0.25, 0.3) is 0 Å². The van der Waals surface area contributed by atoms with E-state index in [9.17, 15) is 24.3 Å². The van der Waals surface area contributed by atoms with Gasteiger partial charge in [-0.2, -0.15) is 0 Å². The number of nitrogens with zero attached hydrogens (tertiary/aromatic N) is 1. The normalized spacial score (nSPS) is 13.1. The second kappa shape index (κ2) is 13.1. The summed E-state index contributed by atoms with van der Waals surface area (Å²) in [4.78, 5) is 53.8. The van der Waals surface area contributed by atoms with Crippen LogP contribution in [-0.2, 0) is 25.7 Å². The molecule has 2 rings (SSSR count). The first-order chi connectivity index (χ1) is 18.2. The van der Waals surface area contributed by atoms with E-state index in [0.29, 0.717) is 6.42 Å². The number of phenols is 1. The van der Waals surface area contributed by atoms with Crippen molar-refractivity contribution < 1.29 is 29.0 Å². The van der Waals surface area contributed by atoms with Crippen molar-refractivity contribution in [3.8, 4) is 5.75 Å². The van der Waals surface area contributed by atoms with Crippen molar-refractivity contribution in [2.75, 3.05) is 0 Å². The lowest BCUT2D eigenvalue weighted by molar-refractivity contribution is -0.150. The van der Waals surface area contributed by atoms with Crippen LogP contribution >= 0.6 is 0 Å². The van der Waals surface area contributed by atoms with Crippen LogP contribution in [0.1, 0.15) is 71.6 Å². The van der Waals surface area contributed by atoms with Crippen molar-refractivity contribution in [3.63, 3.8) is 0 Å². The van der Waals surface area contributed by atoms with Crippen LogP contribution in [0.5, 0.6) is 5.75 Å². The van der Waals surface area contributed by atoms with Crippen molar-refractivity contribution >= 4 is 23.8 Å². The zero-order valence-corrected chi connectivity index (χ0v) is 23.5. The van der Waals surface area contributed by atoms with E-state index >= 15 is 0 Å². The summed E-state index contributed by atoms with van der Waals surface area (Å²) in [6.45, 7) is 10.5. The van der Waals surface area contributed by atoms with Crippen LogP contribution in [0.4, 0.5) is 4.79 Å². The smallest absolute Gasteiger partial charge is 0.408 e. The Kier molecular flexibility index (Phi) is 10.5. The molecule has 0 fully saturated rings. The maximum atomic E-state index is 14.2. The first-order valence-corrected chi connectivity index (χ1v) is 12.9. The number of ether oxygens (including phenoxy) is 1. The van der Waals surface area contributed by atoms with Gasteiger partial charge in [-0.25, -0.2) is 4.79 Å². The van der Waals surface area contributed by atoms with E-state index in [-0.39, 0.29) is 17.9 Å². The Morgan fingerprint density at radius 1 is 0.974 bits per heavy atom. The molecule has 4 amide bonds. The molecule has 0 saturated heterocycles. The fraction of sp³-hybridized carbons (Fsp3) is 0.448. The molecule has 5 N–H and O–H groups in total. The predicted octanol–water partition coefficient (Wildman–Crippen LogP) is 3.54. The molecule has 0 aliphatic carbocycles. The van der Waals surface area contributed by atoms with Gasteiger partial charge >= 0.3 is 6.09 Å². The van der Waals surface area contributed by atoms with Crippen LogP contribution in [0, 0.1) is 0 Å². The van der Waals surface area contributed by atoms with E-state index in [1.54, 1.807) is 52.8 Å². The van der Waals surface area contributed by atoms with E-state index < -0.39 is 53.5 Å². The van der Waals surface area contributed by atoms with Gasteiger partial charge in [0.15, 0.2) is 0 Å². The van der Waals surface area contributed by atoms with Crippen molar-refractivity contribution in [2.24, 2.45) is 5.73 Å². The molecule has 10 nitrogen and oxygen atoms in total. The van der Waals surface area contributed by atoms with Gasteiger partial charge in [-0.15, -0.1) is 0 Å². The third-order valence-electron chi connectivity index (χ3n) is 6.20. The number of carbonyl (C=O) groups excluding carboxylic acids is 4. The molecule has 0 bridgehead atoms. The van der Waals surface area contributed by atoms with E-state index in [2.05, 4.69) is 10.6 Å². The SMILES string of the molecule is CCC(C)(C)N(C(=O)C(CC(N)=O)NC(=O)OC(C)(C)C)C(C(=O)NCc1ccccc1)c1ccccc1O. The molecule has 2 unspecified atom stereocenters. The van der Waals surface area contributed by atoms with Crippen LogP contribution in [0.25, 0.3) is 0 Å². The summed E-state index contributed by atoms with van der Waals surface area (Å²) in [7, 11) is 0. The maximum absolute atomic E-state index is 14.2. The second-order valence-corrected chi connectivity index (χ2v) is 10.9. The van der Waals surface area contributed by atoms with Crippen LogP contribution in [0.2, 0.25) is 0 Å². The maximum Gasteiger partial charge on any atom is 0.408 e. The van der Waals surface area contributed by atoms with Crippen molar-refractivity contribution in [1.29, 1.82) is 0 Å². The molecule has 2 aromatic carbocycles. The first kappa shape index (κ1) is 31.1. The average molecular weight is 541 g/mol. The Labute approximate surface area is 229 Å². The van der Waals surface area contributed by atoms with Gasteiger partial charge in [-0.3, -0.25) is 14.4 Å². The molecule has 0 aliphatic heterocycles. The van der Waals surface area contributed by atoms with E-state index in [4.69, 9.17) is 10.5 Å². The Hall–Kier alpha value is -4.08. The van der Waals surface area contributed by atoms with Crippen LogP contribution in [-0.4, -0.2) is 51.0 Å². The molecule has 0 spiro atoms. The average Bonchev–Trinajstić information content (AvgIpc) is 2.84. The van der Waals surface area contributed by atoms with Crippen LogP contribution < -0.4 is 16.4 Å². The minimum absolute atomic E-state index is 0.180. The Morgan fingerprint density at radius 2 is 1.56 bits per heavy atom. The highest BCUT2D eigenvalue weighted by Gasteiger charge is 2.44. The zero-order valence-electron chi connectivity index (χ0n) is 23.5. The number of aromatic hydroxyl groups is 1. The van der Waals surface area contributed by atoms with Gasteiger partial charge in [-0.1, -0.05) is 55.5 Å². The van der Waals surface area contributed by atoms with Gasteiger partial charge in [0.2, 0.25) is 17.7 Å². The second-order valence-electron chi connectivity index (χ2n) is 10.9. The van der Waals surface area contributed by atoms with Gasteiger partial charge < -0.3 is 31.1 Å². The number of carbonyl (C=O) groups is 4. The standard InChI is InChI=1S/C29H40N4O6/c1-7-29(5,6)33(26(37)21(17-23(30)35)32-27(38)39-28(2,3)4)24(20-15-11-12-16-22(20)34)25(36)31-18-19-13-9-8-10-14-19/h8-16,21,24,34H,7,17-18H2,1-6H3,(H2,30,35)(H,31,36)(H,32,38).